The lowest BCUT2D eigenvalue weighted by Crippen LogP contribution is -2.28. The molecule has 0 unspecified atom stereocenters. The van der Waals surface area contributed by atoms with Gasteiger partial charge in [-0.1, -0.05) is 29.3 Å². The van der Waals surface area contributed by atoms with Crippen molar-refractivity contribution in [3.8, 4) is 5.75 Å². The van der Waals surface area contributed by atoms with E-state index in [4.69, 9.17) is 32.7 Å². The molecule has 2 aromatic rings. The van der Waals surface area contributed by atoms with Crippen LogP contribution >= 0.6 is 23.2 Å². The topological polar surface area (TPSA) is 72.9 Å². The highest BCUT2D eigenvalue weighted by atomic mass is 35.5. The summed E-state index contributed by atoms with van der Waals surface area (Å²) in [5.41, 5.74) is 0.710. The first-order chi connectivity index (χ1) is 13.3. The van der Waals surface area contributed by atoms with Crippen molar-refractivity contribution in [1.82, 2.24) is 4.31 Å². The van der Waals surface area contributed by atoms with Crippen LogP contribution in [0.1, 0.15) is 28.8 Å². The Hall–Kier alpha value is -1.80. The summed E-state index contributed by atoms with van der Waals surface area (Å²) in [4.78, 5) is 12.4. The highest BCUT2D eigenvalue weighted by molar-refractivity contribution is 7.89. The van der Waals surface area contributed by atoms with Crippen LogP contribution in [0.2, 0.25) is 10.0 Å². The quantitative estimate of drug-likeness (QED) is 0.627. The van der Waals surface area contributed by atoms with Crippen LogP contribution in [0.15, 0.2) is 41.3 Å². The minimum atomic E-state index is -3.75. The van der Waals surface area contributed by atoms with Gasteiger partial charge in [0.1, 0.15) is 17.3 Å². The molecular formula is C19H19Cl2NO5S. The summed E-state index contributed by atoms with van der Waals surface area (Å²) in [5, 5.41) is 0.860. The third-order valence-corrected chi connectivity index (χ3v) is 6.96. The SMILES string of the molecule is COc1ccc(C(=O)OCc2ccc(Cl)cc2Cl)cc1S(=O)(=O)N1CCCC1. The maximum absolute atomic E-state index is 12.9. The molecule has 0 radical (unpaired) electrons. The molecule has 28 heavy (non-hydrogen) atoms. The maximum Gasteiger partial charge on any atom is 0.338 e. The van der Waals surface area contributed by atoms with Crippen molar-refractivity contribution in [2.45, 2.75) is 24.3 Å². The predicted molar refractivity (Wildman–Crippen MR) is 107 cm³/mol. The van der Waals surface area contributed by atoms with Gasteiger partial charge in [-0.15, -0.1) is 0 Å². The molecule has 150 valence electrons. The van der Waals surface area contributed by atoms with Gasteiger partial charge in [-0.2, -0.15) is 4.31 Å². The number of nitrogens with zero attached hydrogens (tertiary/aromatic N) is 1. The second-order valence-electron chi connectivity index (χ2n) is 6.29. The van der Waals surface area contributed by atoms with E-state index in [-0.39, 0.29) is 22.8 Å². The fourth-order valence-electron chi connectivity index (χ4n) is 2.94. The summed E-state index contributed by atoms with van der Waals surface area (Å²) >= 11 is 11.9. The number of hydrogen-bond donors (Lipinski definition) is 0. The molecule has 0 atom stereocenters. The largest absolute Gasteiger partial charge is 0.495 e. The summed E-state index contributed by atoms with van der Waals surface area (Å²) in [6.07, 6.45) is 1.62. The molecule has 0 spiro atoms. The Balaban J connectivity index is 1.83. The molecule has 9 heteroatoms. The van der Waals surface area contributed by atoms with E-state index in [9.17, 15) is 13.2 Å². The third kappa shape index (κ3) is 4.43. The molecule has 0 aromatic heterocycles. The van der Waals surface area contributed by atoms with E-state index in [1.165, 1.54) is 29.6 Å². The van der Waals surface area contributed by atoms with Gasteiger partial charge < -0.3 is 9.47 Å². The normalized spacial score (nSPS) is 14.8. The first kappa shape index (κ1) is 20.9. The van der Waals surface area contributed by atoms with E-state index in [0.29, 0.717) is 28.7 Å². The second-order valence-corrected chi connectivity index (χ2v) is 9.04. The van der Waals surface area contributed by atoms with E-state index >= 15 is 0 Å². The van der Waals surface area contributed by atoms with Gasteiger partial charge in [0, 0.05) is 28.7 Å². The first-order valence-corrected chi connectivity index (χ1v) is 10.8. The lowest BCUT2D eigenvalue weighted by Gasteiger charge is -2.18. The molecule has 0 bridgehead atoms. The second kappa shape index (κ2) is 8.69. The molecule has 1 fully saturated rings. The monoisotopic (exact) mass is 443 g/mol. The number of methoxy groups -OCH3 is 1. The summed E-state index contributed by atoms with van der Waals surface area (Å²) in [7, 11) is -2.36. The van der Waals surface area contributed by atoms with Crippen molar-refractivity contribution < 1.29 is 22.7 Å². The minimum absolute atomic E-state index is 0.0455. The number of esters is 1. The third-order valence-electron chi connectivity index (χ3n) is 4.46. The van der Waals surface area contributed by atoms with Gasteiger partial charge in [-0.3, -0.25) is 0 Å². The van der Waals surface area contributed by atoms with Crippen molar-refractivity contribution in [3.63, 3.8) is 0 Å². The number of hydrogen-bond acceptors (Lipinski definition) is 5. The van der Waals surface area contributed by atoms with Gasteiger partial charge in [-0.05, 0) is 43.2 Å². The average Bonchev–Trinajstić information content (AvgIpc) is 3.22. The van der Waals surface area contributed by atoms with Crippen LogP contribution in [-0.4, -0.2) is 38.9 Å². The van der Waals surface area contributed by atoms with Gasteiger partial charge in [0.2, 0.25) is 10.0 Å². The number of ether oxygens (including phenoxy) is 2. The van der Waals surface area contributed by atoms with E-state index in [2.05, 4.69) is 0 Å². The lowest BCUT2D eigenvalue weighted by molar-refractivity contribution is 0.0472. The van der Waals surface area contributed by atoms with Crippen LogP contribution < -0.4 is 4.74 Å². The van der Waals surface area contributed by atoms with Crippen molar-refractivity contribution >= 4 is 39.2 Å². The van der Waals surface area contributed by atoms with Crippen LogP contribution in [0, 0.1) is 0 Å². The molecule has 3 rings (SSSR count). The van der Waals surface area contributed by atoms with E-state index in [1.807, 2.05) is 0 Å². The van der Waals surface area contributed by atoms with Gasteiger partial charge in [0.05, 0.1) is 12.7 Å². The maximum atomic E-state index is 12.9. The summed E-state index contributed by atoms with van der Waals surface area (Å²) in [5.74, 6) is -0.476. The Bertz CT molecular complexity index is 988. The number of carbonyl (C=O) groups is 1. The molecule has 0 saturated carbocycles. The van der Waals surface area contributed by atoms with Crippen LogP contribution in [0.4, 0.5) is 0 Å². The summed E-state index contributed by atoms with van der Waals surface area (Å²) in [6, 6.07) is 9.07. The fourth-order valence-corrected chi connectivity index (χ4v) is 5.10. The first-order valence-electron chi connectivity index (χ1n) is 8.62. The zero-order valence-electron chi connectivity index (χ0n) is 15.2. The number of carbonyl (C=O) groups excluding carboxylic acids is 1. The van der Waals surface area contributed by atoms with Crippen LogP contribution in [-0.2, 0) is 21.4 Å². The van der Waals surface area contributed by atoms with Crippen molar-refractivity contribution in [2.75, 3.05) is 20.2 Å². The molecule has 0 aliphatic carbocycles. The Morgan fingerprint density at radius 1 is 1.11 bits per heavy atom. The van der Waals surface area contributed by atoms with Crippen LogP contribution in [0.25, 0.3) is 0 Å². The van der Waals surface area contributed by atoms with Gasteiger partial charge in [-0.25, -0.2) is 13.2 Å². The molecule has 1 heterocycles. The molecule has 1 aliphatic rings. The molecule has 2 aromatic carbocycles. The number of sulfonamides is 1. The van der Waals surface area contributed by atoms with E-state index in [0.717, 1.165) is 12.8 Å². The Labute approximate surface area is 174 Å². The average molecular weight is 444 g/mol. The highest BCUT2D eigenvalue weighted by Crippen LogP contribution is 2.30. The van der Waals surface area contributed by atoms with E-state index < -0.39 is 16.0 Å². The molecule has 6 nitrogen and oxygen atoms in total. The summed E-state index contributed by atoms with van der Waals surface area (Å²) < 4.78 is 37.7. The van der Waals surface area contributed by atoms with Gasteiger partial charge in [0.25, 0.3) is 0 Å². The van der Waals surface area contributed by atoms with Crippen LogP contribution in [0.5, 0.6) is 5.75 Å². The zero-order valence-corrected chi connectivity index (χ0v) is 17.5. The van der Waals surface area contributed by atoms with Crippen molar-refractivity contribution in [1.29, 1.82) is 0 Å². The van der Waals surface area contributed by atoms with E-state index in [1.54, 1.807) is 18.2 Å². The molecule has 0 N–H and O–H groups in total. The number of benzene rings is 2. The zero-order chi connectivity index (χ0) is 20.3. The summed E-state index contributed by atoms with van der Waals surface area (Å²) in [6.45, 7) is 0.847. The lowest BCUT2D eigenvalue weighted by atomic mass is 10.2. The Kier molecular flexibility index (Phi) is 6.50. The highest BCUT2D eigenvalue weighted by Gasteiger charge is 2.30. The molecule has 1 aliphatic heterocycles. The fraction of sp³-hybridized carbons (Fsp3) is 0.316. The Morgan fingerprint density at radius 2 is 1.82 bits per heavy atom. The molecular weight excluding hydrogens is 425 g/mol. The minimum Gasteiger partial charge on any atom is -0.495 e. The Morgan fingerprint density at radius 3 is 2.46 bits per heavy atom. The smallest absolute Gasteiger partial charge is 0.338 e. The van der Waals surface area contributed by atoms with Gasteiger partial charge in [0.15, 0.2) is 0 Å². The van der Waals surface area contributed by atoms with Crippen molar-refractivity contribution in [2.24, 2.45) is 0 Å². The predicted octanol–water partition coefficient (Wildman–Crippen LogP) is 4.14. The molecule has 0 amide bonds. The van der Waals surface area contributed by atoms with Crippen LogP contribution in [0.3, 0.4) is 0 Å². The number of rotatable bonds is 6. The van der Waals surface area contributed by atoms with Gasteiger partial charge >= 0.3 is 5.97 Å². The number of halogens is 2. The van der Waals surface area contributed by atoms with Crippen molar-refractivity contribution in [3.05, 3.63) is 57.6 Å². The standard InChI is InChI=1S/C19H19Cl2NO5S/c1-26-17-7-5-13(10-18(17)28(24,25)22-8-2-3-9-22)19(23)27-12-14-4-6-15(20)11-16(14)21/h4-7,10-11H,2-3,8-9,12H2,1H3. The molecule has 1 saturated heterocycles.